The molecule has 0 bridgehead atoms. The minimum atomic E-state index is -0.133. The molecule has 1 amide bonds. The van der Waals surface area contributed by atoms with Gasteiger partial charge < -0.3 is 4.90 Å². The summed E-state index contributed by atoms with van der Waals surface area (Å²) in [6, 6.07) is 0. The Labute approximate surface area is 124 Å². The summed E-state index contributed by atoms with van der Waals surface area (Å²) in [5.74, 6) is -0.133. The molecule has 0 fully saturated rings. The van der Waals surface area contributed by atoms with Crippen molar-refractivity contribution in [1.82, 2.24) is 15.1 Å². The first-order valence-corrected chi connectivity index (χ1v) is 7.23. The van der Waals surface area contributed by atoms with E-state index in [4.69, 9.17) is 0 Å². The van der Waals surface area contributed by atoms with E-state index in [9.17, 15) is 4.79 Å². The standard InChI is InChI=1S/C10H11N5OS2.ClH/c1-6-7(8(16)13-9-14-12-5-17-9)18-10-11-3-2-4-15(6)10;/h5H,2-4H2,1H3,(H,13,14,16);1H. The van der Waals surface area contributed by atoms with Crippen molar-refractivity contribution >= 4 is 51.7 Å². The summed E-state index contributed by atoms with van der Waals surface area (Å²) in [5, 5.41) is 11.7. The third-order valence-electron chi connectivity index (χ3n) is 2.73. The first kappa shape index (κ1) is 14.3. The average molecular weight is 318 g/mol. The molecule has 102 valence electrons. The Kier molecular flexibility index (Phi) is 4.43. The maximum absolute atomic E-state index is 12.1. The third kappa shape index (κ3) is 2.75. The van der Waals surface area contributed by atoms with Crippen LogP contribution in [0.4, 0.5) is 5.13 Å². The molecule has 0 saturated heterocycles. The highest BCUT2D eigenvalue weighted by Crippen LogP contribution is 2.36. The highest BCUT2D eigenvalue weighted by molar-refractivity contribution is 8.18. The van der Waals surface area contributed by atoms with Crippen molar-refractivity contribution in [3.8, 4) is 0 Å². The Balaban J connectivity index is 0.00000133. The van der Waals surface area contributed by atoms with Gasteiger partial charge in [0, 0.05) is 18.8 Å². The molecule has 3 heterocycles. The Morgan fingerprint density at radius 2 is 2.37 bits per heavy atom. The van der Waals surface area contributed by atoms with E-state index in [0.29, 0.717) is 10.0 Å². The molecule has 1 aromatic heterocycles. The van der Waals surface area contributed by atoms with Crippen LogP contribution >= 0.6 is 35.5 Å². The van der Waals surface area contributed by atoms with Crippen LogP contribution in [0.3, 0.4) is 0 Å². The van der Waals surface area contributed by atoms with Gasteiger partial charge in [0.25, 0.3) is 5.91 Å². The van der Waals surface area contributed by atoms with Gasteiger partial charge in [-0.1, -0.05) is 11.3 Å². The maximum atomic E-state index is 12.1. The van der Waals surface area contributed by atoms with E-state index in [-0.39, 0.29) is 18.3 Å². The summed E-state index contributed by atoms with van der Waals surface area (Å²) in [5.41, 5.74) is 2.56. The minimum Gasteiger partial charge on any atom is -0.324 e. The molecule has 3 rings (SSSR count). The molecule has 0 saturated carbocycles. The highest BCUT2D eigenvalue weighted by Gasteiger charge is 2.32. The predicted molar refractivity (Wildman–Crippen MR) is 79.7 cm³/mol. The lowest BCUT2D eigenvalue weighted by Crippen LogP contribution is -2.28. The molecule has 0 spiro atoms. The number of fused-ring (bicyclic) bond motifs is 1. The van der Waals surface area contributed by atoms with Crippen LogP contribution in [-0.2, 0) is 4.79 Å². The number of nitrogens with one attached hydrogen (secondary N) is 1. The van der Waals surface area contributed by atoms with Crippen molar-refractivity contribution in [3.05, 3.63) is 16.1 Å². The van der Waals surface area contributed by atoms with Gasteiger partial charge in [0.1, 0.15) is 5.51 Å². The second-order valence-corrected chi connectivity index (χ2v) is 5.69. The van der Waals surface area contributed by atoms with Gasteiger partial charge in [-0.15, -0.1) is 22.6 Å². The quantitative estimate of drug-likeness (QED) is 0.902. The molecule has 0 aromatic carbocycles. The van der Waals surface area contributed by atoms with Crippen LogP contribution < -0.4 is 5.32 Å². The zero-order valence-electron chi connectivity index (χ0n) is 10.1. The Morgan fingerprint density at radius 3 is 3.05 bits per heavy atom. The van der Waals surface area contributed by atoms with Crippen molar-refractivity contribution in [2.45, 2.75) is 13.3 Å². The Morgan fingerprint density at radius 1 is 1.53 bits per heavy atom. The summed E-state index contributed by atoms with van der Waals surface area (Å²) in [6.07, 6.45) is 1.03. The van der Waals surface area contributed by atoms with Gasteiger partial charge in [-0.2, -0.15) is 0 Å². The number of halogens is 1. The predicted octanol–water partition coefficient (Wildman–Crippen LogP) is 1.94. The summed E-state index contributed by atoms with van der Waals surface area (Å²) in [6.45, 7) is 3.74. The number of amides is 1. The maximum Gasteiger partial charge on any atom is 0.266 e. The van der Waals surface area contributed by atoms with Gasteiger partial charge >= 0.3 is 0 Å². The molecule has 9 heteroatoms. The van der Waals surface area contributed by atoms with Crippen molar-refractivity contribution in [3.63, 3.8) is 0 Å². The Hall–Kier alpha value is -1.12. The first-order valence-electron chi connectivity index (χ1n) is 5.54. The average Bonchev–Trinajstić information content (AvgIpc) is 2.98. The molecule has 2 aliphatic rings. The van der Waals surface area contributed by atoms with Crippen LogP contribution in [0.25, 0.3) is 0 Å². The topological polar surface area (TPSA) is 70.5 Å². The lowest BCUT2D eigenvalue weighted by molar-refractivity contribution is -0.112. The van der Waals surface area contributed by atoms with Gasteiger partial charge in [-0.3, -0.25) is 15.1 Å². The minimum absolute atomic E-state index is 0. The number of anilines is 1. The monoisotopic (exact) mass is 317 g/mol. The highest BCUT2D eigenvalue weighted by atomic mass is 35.5. The molecule has 19 heavy (non-hydrogen) atoms. The number of hydrogen-bond donors (Lipinski definition) is 1. The van der Waals surface area contributed by atoms with Gasteiger partial charge in [0.15, 0.2) is 5.17 Å². The van der Waals surface area contributed by atoms with Crippen LogP contribution in [0.15, 0.2) is 21.1 Å². The second-order valence-electron chi connectivity index (χ2n) is 3.88. The normalized spacial score (nSPS) is 17.7. The van der Waals surface area contributed by atoms with Gasteiger partial charge in [-0.05, 0) is 25.1 Å². The fourth-order valence-electron chi connectivity index (χ4n) is 1.86. The van der Waals surface area contributed by atoms with Crippen molar-refractivity contribution < 1.29 is 4.79 Å². The van der Waals surface area contributed by atoms with Crippen molar-refractivity contribution in [2.75, 3.05) is 18.4 Å². The number of carbonyl (C=O) groups is 1. The molecule has 1 N–H and O–H groups in total. The van der Waals surface area contributed by atoms with E-state index in [0.717, 1.165) is 30.4 Å². The second kappa shape index (κ2) is 5.89. The smallest absolute Gasteiger partial charge is 0.266 e. The van der Waals surface area contributed by atoms with E-state index in [1.54, 1.807) is 5.51 Å². The fourth-order valence-corrected chi connectivity index (χ4v) is 3.38. The summed E-state index contributed by atoms with van der Waals surface area (Å²) in [4.78, 5) is 19.4. The molecule has 6 nitrogen and oxygen atoms in total. The molecular weight excluding hydrogens is 306 g/mol. The molecular formula is C10H12ClN5OS2. The van der Waals surface area contributed by atoms with E-state index >= 15 is 0 Å². The van der Waals surface area contributed by atoms with E-state index in [2.05, 4.69) is 25.4 Å². The lowest BCUT2D eigenvalue weighted by Gasteiger charge is -2.23. The number of amidine groups is 1. The SMILES string of the molecule is CC1=C(C(=O)Nc2nncs2)SC2=NCCCN21.Cl. The zero-order chi connectivity index (χ0) is 12.5. The largest absolute Gasteiger partial charge is 0.324 e. The van der Waals surface area contributed by atoms with Crippen LogP contribution in [0.1, 0.15) is 13.3 Å². The summed E-state index contributed by atoms with van der Waals surface area (Å²) in [7, 11) is 0. The Bertz CT molecular complexity index is 542. The van der Waals surface area contributed by atoms with Crippen LogP contribution in [0.5, 0.6) is 0 Å². The van der Waals surface area contributed by atoms with Crippen LogP contribution in [0, 0.1) is 0 Å². The first-order chi connectivity index (χ1) is 8.75. The number of thioether (sulfide) groups is 1. The zero-order valence-corrected chi connectivity index (χ0v) is 12.6. The number of nitrogens with zero attached hydrogens (tertiary/aromatic N) is 4. The summed E-state index contributed by atoms with van der Waals surface area (Å²) < 4.78 is 0. The number of aromatic nitrogens is 2. The van der Waals surface area contributed by atoms with E-state index in [1.165, 1.54) is 23.1 Å². The van der Waals surface area contributed by atoms with Crippen LogP contribution in [-0.4, -0.2) is 39.3 Å². The van der Waals surface area contributed by atoms with E-state index < -0.39 is 0 Å². The molecule has 1 aromatic rings. The molecule has 0 atom stereocenters. The molecule has 0 unspecified atom stereocenters. The molecule has 0 radical (unpaired) electrons. The number of aliphatic imine (C=N–C) groups is 1. The fraction of sp³-hybridized carbons (Fsp3) is 0.400. The number of carbonyl (C=O) groups excluding carboxylic acids is 1. The van der Waals surface area contributed by atoms with Crippen LogP contribution in [0.2, 0.25) is 0 Å². The van der Waals surface area contributed by atoms with Crippen molar-refractivity contribution in [1.29, 1.82) is 0 Å². The number of hydrogen-bond acceptors (Lipinski definition) is 7. The van der Waals surface area contributed by atoms with Crippen molar-refractivity contribution in [2.24, 2.45) is 4.99 Å². The van der Waals surface area contributed by atoms with E-state index in [1.807, 2.05) is 6.92 Å². The number of rotatable bonds is 2. The van der Waals surface area contributed by atoms with Gasteiger partial charge in [0.2, 0.25) is 5.13 Å². The lowest BCUT2D eigenvalue weighted by atomic mass is 10.3. The molecule has 2 aliphatic heterocycles. The summed E-state index contributed by atoms with van der Waals surface area (Å²) >= 11 is 2.74. The third-order valence-corrected chi connectivity index (χ3v) is 4.56. The van der Waals surface area contributed by atoms with Gasteiger partial charge in [-0.25, -0.2) is 0 Å². The molecule has 0 aliphatic carbocycles. The van der Waals surface area contributed by atoms with Gasteiger partial charge in [0.05, 0.1) is 4.91 Å². The number of allylic oxidation sites excluding steroid dienone is 1.